The van der Waals surface area contributed by atoms with Gasteiger partial charge in [0.1, 0.15) is 5.75 Å². The van der Waals surface area contributed by atoms with Crippen molar-refractivity contribution in [2.24, 2.45) is 0 Å². The van der Waals surface area contributed by atoms with Gasteiger partial charge < -0.3 is 19.9 Å². The zero-order valence-electron chi connectivity index (χ0n) is 19.3. The predicted molar refractivity (Wildman–Crippen MR) is 127 cm³/mol. The third-order valence-corrected chi connectivity index (χ3v) is 6.71. The average Bonchev–Trinajstić information content (AvgIpc) is 2.80. The van der Waals surface area contributed by atoms with Gasteiger partial charge in [-0.1, -0.05) is 11.6 Å². The number of ether oxygens (including phenoxy) is 1. The van der Waals surface area contributed by atoms with Crippen LogP contribution < -0.4 is 15.0 Å². The summed E-state index contributed by atoms with van der Waals surface area (Å²) in [4.78, 5) is 15.1. The van der Waals surface area contributed by atoms with Crippen LogP contribution in [-0.4, -0.2) is 79.2 Å². The molecule has 10 heteroatoms. The molecule has 0 spiro atoms. The number of piperidine rings is 1. The van der Waals surface area contributed by atoms with Gasteiger partial charge in [-0.3, -0.25) is 4.90 Å². The fraction of sp³-hybridized carbons (Fsp3) is 0.565. The first-order chi connectivity index (χ1) is 15.7. The van der Waals surface area contributed by atoms with Crippen LogP contribution in [0, 0.1) is 0 Å². The fourth-order valence-corrected chi connectivity index (χ4v) is 4.70. The van der Waals surface area contributed by atoms with E-state index in [1.54, 1.807) is 6.07 Å². The SMILES string of the molecule is COc1cc(N2CCC(N3CCN(C)CC3)CC2)c(C(C)(F)F)cc1Nc1ncc(Cl)cn1. The molecule has 2 fully saturated rings. The van der Waals surface area contributed by atoms with Gasteiger partial charge in [0.25, 0.3) is 5.92 Å². The number of alkyl halides is 2. The van der Waals surface area contributed by atoms with Crippen molar-refractivity contribution in [1.82, 2.24) is 19.8 Å². The van der Waals surface area contributed by atoms with E-state index in [2.05, 4.69) is 37.0 Å². The predicted octanol–water partition coefficient (Wildman–Crippen LogP) is 4.21. The summed E-state index contributed by atoms with van der Waals surface area (Å²) >= 11 is 5.84. The first kappa shape index (κ1) is 23.9. The van der Waals surface area contributed by atoms with Crippen LogP contribution in [0.3, 0.4) is 0 Å². The van der Waals surface area contributed by atoms with E-state index in [1.165, 1.54) is 25.6 Å². The molecule has 2 aromatic rings. The van der Waals surface area contributed by atoms with Crippen molar-refractivity contribution in [3.05, 3.63) is 35.1 Å². The number of benzene rings is 1. The summed E-state index contributed by atoms with van der Waals surface area (Å²) < 4.78 is 35.0. The van der Waals surface area contributed by atoms with Gasteiger partial charge in [0, 0.05) is 69.6 Å². The van der Waals surface area contributed by atoms with E-state index in [4.69, 9.17) is 16.3 Å². The number of methoxy groups -OCH3 is 1. The minimum absolute atomic E-state index is 0.0437. The lowest BCUT2D eigenvalue weighted by Gasteiger charge is -2.43. The van der Waals surface area contributed by atoms with Crippen molar-refractivity contribution >= 4 is 28.9 Å². The fourth-order valence-electron chi connectivity index (χ4n) is 4.61. The summed E-state index contributed by atoms with van der Waals surface area (Å²) in [5.41, 5.74) is 0.851. The Labute approximate surface area is 198 Å². The molecule has 0 radical (unpaired) electrons. The summed E-state index contributed by atoms with van der Waals surface area (Å²) in [6.45, 7) is 6.69. The van der Waals surface area contributed by atoms with E-state index in [0.29, 0.717) is 28.2 Å². The van der Waals surface area contributed by atoms with Gasteiger partial charge in [0.05, 0.1) is 30.2 Å². The normalized spacial score (nSPS) is 19.0. The first-order valence-electron chi connectivity index (χ1n) is 11.3. The molecule has 1 N–H and O–H groups in total. The molecule has 2 aliphatic rings. The Hall–Kier alpha value is -2.23. The van der Waals surface area contributed by atoms with Gasteiger partial charge >= 0.3 is 0 Å². The molecule has 33 heavy (non-hydrogen) atoms. The Morgan fingerprint density at radius 3 is 2.27 bits per heavy atom. The van der Waals surface area contributed by atoms with E-state index in [9.17, 15) is 8.78 Å². The second kappa shape index (κ2) is 9.95. The molecular formula is C23H31ClF2N6O. The zero-order chi connectivity index (χ0) is 23.6. The van der Waals surface area contributed by atoms with Crippen LogP contribution in [0.15, 0.2) is 24.5 Å². The van der Waals surface area contributed by atoms with Crippen LogP contribution in [0.2, 0.25) is 5.02 Å². The molecule has 1 aromatic carbocycles. The maximum Gasteiger partial charge on any atom is 0.272 e. The van der Waals surface area contributed by atoms with E-state index in [0.717, 1.165) is 59.0 Å². The van der Waals surface area contributed by atoms with Crippen molar-refractivity contribution in [3.8, 4) is 5.75 Å². The number of anilines is 3. The zero-order valence-corrected chi connectivity index (χ0v) is 20.1. The molecule has 0 aliphatic carbocycles. The third-order valence-electron chi connectivity index (χ3n) is 6.52. The van der Waals surface area contributed by atoms with Gasteiger partial charge in [-0.25, -0.2) is 18.7 Å². The Morgan fingerprint density at radius 2 is 1.70 bits per heavy atom. The molecule has 0 bridgehead atoms. The van der Waals surface area contributed by atoms with Crippen molar-refractivity contribution in [2.45, 2.75) is 31.7 Å². The minimum Gasteiger partial charge on any atom is -0.494 e. The number of halogens is 3. The lowest BCUT2D eigenvalue weighted by molar-refractivity contribution is 0.0178. The Balaban J connectivity index is 1.55. The highest BCUT2D eigenvalue weighted by Crippen LogP contribution is 2.42. The molecule has 7 nitrogen and oxygen atoms in total. The standard InChI is InChI=1S/C23H31ClF2N6O/c1-23(25,26)18-12-19(29-22-27-14-16(24)15-28-22)21(33-3)13-20(18)32-6-4-17(5-7-32)31-10-8-30(2)9-11-31/h12-15,17H,4-11H2,1-3H3,(H,27,28,29). The smallest absolute Gasteiger partial charge is 0.272 e. The topological polar surface area (TPSA) is 56.8 Å². The summed E-state index contributed by atoms with van der Waals surface area (Å²) in [5, 5.41) is 3.37. The molecule has 0 unspecified atom stereocenters. The molecule has 0 saturated carbocycles. The van der Waals surface area contributed by atoms with E-state index in [-0.39, 0.29) is 11.5 Å². The average molecular weight is 481 g/mol. The van der Waals surface area contributed by atoms with Crippen LogP contribution in [0.1, 0.15) is 25.3 Å². The van der Waals surface area contributed by atoms with Gasteiger partial charge in [0.15, 0.2) is 0 Å². The van der Waals surface area contributed by atoms with Crippen LogP contribution >= 0.6 is 11.6 Å². The molecule has 0 amide bonds. The van der Waals surface area contributed by atoms with E-state index in [1.807, 2.05) is 0 Å². The number of likely N-dealkylation sites (N-methyl/N-ethyl adjacent to an activating group) is 1. The van der Waals surface area contributed by atoms with Crippen LogP contribution in [0.5, 0.6) is 5.75 Å². The van der Waals surface area contributed by atoms with Crippen molar-refractivity contribution in [1.29, 1.82) is 0 Å². The molecule has 4 rings (SSSR count). The Kier molecular flexibility index (Phi) is 7.21. The molecule has 3 heterocycles. The van der Waals surface area contributed by atoms with Crippen molar-refractivity contribution < 1.29 is 13.5 Å². The third kappa shape index (κ3) is 5.65. The maximum atomic E-state index is 14.7. The highest BCUT2D eigenvalue weighted by Gasteiger charge is 2.34. The van der Waals surface area contributed by atoms with Gasteiger partial charge in [-0.05, 0) is 26.0 Å². The largest absolute Gasteiger partial charge is 0.494 e. The Bertz CT molecular complexity index is 939. The van der Waals surface area contributed by atoms with E-state index >= 15 is 0 Å². The summed E-state index contributed by atoms with van der Waals surface area (Å²) in [6, 6.07) is 3.64. The number of aromatic nitrogens is 2. The number of hydrogen-bond acceptors (Lipinski definition) is 7. The highest BCUT2D eigenvalue weighted by molar-refractivity contribution is 6.30. The lowest BCUT2D eigenvalue weighted by Crippen LogP contribution is -2.52. The minimum atomic E-state index is -3.02. The Morgan fingerprint density at radius 1 is 1.06 bits per heavy atom. The lowest BCUT2D eigenvalue weighted by atomic mass is 9.98. The molecule has 0 atom stereocenters. The van der Waals surface area contributed by atoms with Gasteiger partial charge in [-0.15, -0.1) is 0 Å². The monoisotopic (exact) mass is 480 g/mol. The van der Waals surface area contributed by atoms with E-state index < -0.39 is 5.92 Å². The molecule has 180 valence electrons. The van der Waals surface area contributed by atoms with Crippen LogP contribution in [0.25, 0.3) is 0 Å². The number of nitrogens with zero attached hydrogens (tertiary/aromatic N) is 5. The highest BCUT2D eigenvalue weighted by atomic mass is 35.5. The van der Waals surface area contributed by atoms with Gasteiger partial charge in [0.2, 0.25) is 5.95 Å². The second-order valence-electron chi connectivity index (χ2n) is 8.87. The van der Waals surface area contributed by atoms with Crippen molar-refractivity contribution in [2.75, 3.05) is 63.6 Å². The second-order valence-corrected chi connectivity index (χ2v) is 9.30. The maximum absolute atomic E-state index is 14.7. The number of piperazine rings is 1. The molecule has 2 saturated heterocycles. The summed E-state index contributed by atoms with van der Waals surface area (Å²) in [7, 11) is 3.67. The molecule has 2 aliphatic heterocycles. The summed E-state index contributed by atoms with van der Waals surface area (Å²) in [6.07, 6.45) is 4.80. The van der Waals surface area contributed by atoms with Crippen molar-refractivity contribution in [3.63, 3.8) is 0 Å². The number of nitrogens with one attached hydrogen (secondary N) is 1. The number of hydrogen-bond donors (Lipinski definition) is 1. The molecular weight excluding hydrogens is 450 g/mol. The first-order valence-corrected chi connectivity index (χ1v) is 11.6. The van der Waals surface area contributed by atoms with Crippen LogP contribution in [0.4, 0.5) is 26.1 Å². The number of rotatable bonds is 6. The van der Waals surface area contributed by atoms with Gasteiger partial charge in [-0.2, -0.15) is 0 Å². The molecule has 1 aromatic heterocycles. The quantitative estimate of drug-likeness (QED) is 0.664. The summed E-state index contributed by atoms with van der Waals surface area (Å²) in [5.74, 6) is -2.31. The van der Waals surface area contributed by atoms with Crippen LogP contribution in [-0.2, 0) is 5.92 Å².